The number of para-hydroxylation sites is 1. The maximum atomic E-state index is 13.3. The maximum Gasteiger partial charge on any atom is 0.291 e. The van der Waals surface area contributed by atoms with E-state index in [1.54, 1.807) is 6.92 Å². The van der Waals surface area contributed by atoms with E-state index in [0.29, 0.717) is 22.2 Å². The Balaban J connectivity index is 1.99. The summed E-state index contributed by atoms with van der Waals surface area (Å²) in [6.45, 7) is 1.75. The van der Waals surface area contributed by atoms with Crippen LogP contribution in [0.2, 0.25) is 0 Å². The van der Waals surface area contributed by atoms with Gasteiger partial charge in [-0.15, -0.1) is 0 Å². The summed E-state index contributed by atoms with van der Waals surface area (Å²) in [7, 11) is 0. The van der Waals surface area contributed by atoms with Gasteiger partial charge in [0.1, 0.15) is 11.4 Å². The molecule has 0 bridgehead atoms. The summed E-state index contributed by atoms with van der Waals surface area (Å²) in [5, 5.41) is 3.42. The second kappa shape index (κ2) is 5.48. The van der Waals surface area contributed by atoms with Crippen molar-refractivity contribution in [2.24, 2.45) is 0 Å². The van der Waals surface area contributed by atoms with Crippen molar-refractivity contribution in [3.05, 3.63) is 63.2 Å². The lowest BCUT2D eigenvalue weighted by Gasteiger charge is -2.05. The number of fused-ring (bicyclic) bond motifs is 1. The zero-order chi connectivity index (χ0) is 15.0. The summed E-state index contributed by atoms with van der Waals surface area (Å²) in [4.78, 5) is 12.3. The van der Waals surface area contributed by atoms with Gasteiger partial charge in [0.2, 0.25) is 0 Å². The molecule has 0 spiro atoms. The normalized spacial score (nSPS) is 10.8. The number of carbonyl (C=O) groups is 1. The Morgan fingerprint density at radius 2 is 2.00 bits per heavy atom. The van der Waals surface area contributed by atoms with Crippen LogP contribution in [0.15, 0.2) is 46.9 Å². The molecule has 1 N–H and O–H groups in total. The van der Waals surface area contributed by atoms with E-state index >= 15 is 0 Å². The molecule has 3 rings (SSSR count). The van der Waals surface area contributed by atoms with Gasteiger partial charge in [-0.3, -0.25) is 4.79 Å². The molecule has 0 saturated carbocycles. The van der Waals surface area contributed by atoms with E-state index in [1.165, 1.54) is 18.2 Å². The molecule has 1 heterocycles. The highest BCUT2D eigenvalue weighted by molar-refractivity contribution is 14.1. The third kappa shape index (κ3) is 2.65. The van der Waals surface area contributed by atoms with Crippen LogP contribution < -0.4 is 5.32 Å². The molecule has 5 heteroatoms. The van der Waals surface area contributed by atoms with Gasteiger partial charge in [0.05, 0.1) is 5.69 Å². The van der Waals surface area contributed by atoms with Gasteiger partial charge in [-0.2, -0.15) is 0 Å². The third-order valence-electron chi connectivity index (χ3n) is 3.23. The van der Waals surface area contributed by atoms with Gasteiger partial charge < -0.3 is 9.73 Å². The van der Waals surface area contributed by atoms with Gasteiger partial charge in [0, 0.05) is 14.5 Å². The number of amides is 1. The van der Waals surface area contributed by atoms with Crippen LogP contribution in [0.25, 0.3) is 11.0 Å². The minimum atomic E-state index is -0.351. The number of benzene rings is 2. The average Bonchev–Trinajstić information content (AvgIpc) is 2.79. The Labute approximate surface area is 134 Å². The monoisotopic (exact) mass is 395 g/mol. The largest absolute Gasteiger partial charge is 0.451 e. The molecule has 1 amide bonds. The Kier molecular flexibility index (Phi) is 3.67. The predicted octanol–water partition coefficient (Wildman–Crippen LogP) is 4.74. The summed E-state index contributed by atoms with van der Waals surface area (Å²) in [5.41, 5.74) is 1.85. The molecule has 21 heavy (non-hydrogen) atoms. The van der Waals surface area contributed by atoms with Crippen LogP contribution in [-0.2, 0) is 0 Å². The second-order valence-electron chi connectivity index (χ2n) is 4.63. The van der Waals surface area contributed by atoms with E-state index in [0.717, 1.165) is 3.57 Å². The average molecular weight is 395 g/mol. The minimum absolute atomic E-state index is 0.204. The molecular formula is C16H11FINO2. The maximum absolute atomic E-state index is 13.3. The zero-order valence-electron chi connectivity index (χ0n) is 11.1. The molecule has 3 nitrogen and oxygen atoms in total. The lowest BCUT2D eigenvalue weighted by molar-refractivity contribution is 0.0998. The SMILES string of the molecule is Cc1c(C(=O)Nc2ccccc2I)oc2ccc(F)cc12. The molecule has 0 fully saturated rings. The number of carbonyl (C=O) groups excluding carboxylic acids is 1. The Morgan fingerprint density at radius 1 is 1.24 bits per heavy atom. The molecule has 0 aliphatic carbocycles. The van der Waals surface area contributed by atoms with Gasteiger partial charge in [-0.1, -0.05) is 12.1 Å². The van der Waals surface area contributed by atoms with Crippen molar-refractivity contribution in [3.63, 3.8) is 0 Å². The minimum Gasteiger partial charge on any atom is -0.451 e. The van der Waals surface area contributed by atoms with E-state index in [1.807, 2.05) is 24.3 Å². The number of rotatable bonds is 2. The first-order chi connectivity index (χ1) is 10.1. The van der Waals surface area contributed by atoms with Crippen LogP contribution in [0, 0.1) is 16.3 Å². The van der Waals surface area contributed by atoms with Crippen molar-refractivity contribution in [1.82, 2.24) is 0 Å². The highest BCUT2D eigenvalue weighted by atomic mass is 127. The molecule has 2 aromatic carbocycles. The number of anilines is 1. The highest BCUT2D eigenvalue weighted by Gasteiger charge is 2.18. The number of nitrogens with one attached hydrogen (secondary N) is 1. The van der Waals surface area contributed by atoms with Crippen LogP contribution in [0.1, 0.15) is 16.1 Å². The van der Waals surface area contributed by atoms with Crippen LogP contribution in [0.4, 0.5) is 10.1 Å². The Hall–Kier alpha value is -1.89. The van der Waals surface area contributed by atoms with Crippen molar-refractivity contribution < 1.29 is 13.6 Å². The zero-order valence-corrected chi connectivity index (χ0v) is 13.3. The van der Waals surface area contributed by atoms with Crippen molar-refractivity contribution >= 4 is 45.2 Å². The fourth-order valence-electron chi connectivity index (χ4n) is 2.15. The standard InChI is InChI=1S/C16H11FINO2/c1-9-11-8-10(17)6-7-14(11)21-15(9)16(20)19-13-5-3-2-4-12(13)18/h2-8H,1H3,(H,19,20). The fourth-order valence-corrected chi connectivity index (χ4v) is 2.67. The van der Waals surface area contributed by atoms with Crippen LogP contribution in [0.3, 0.4) is 0 Å². The lowest BCUT2D eigenvalue weighted by Crippen LogP contribution is -2.12. The fraction of sp³-hybridized carbons (Fsp3) is 0.0625. The number of aryl methyl sites for hydroxylation is 1. The van der Waals surface area contributed by atoms with E-state index in [9.17, 15) is 9.18 Å². The van der Waals surface area contributed by atoms with Gasteiger partial charge in [0.25, 0.3) is 5.91 Å². The molecule has 0 aliphatic heterocycles. The summed E-state index contributed by atoms with van der Waals surface area (Å²) in [6, 6.07) is 11.7. The molecule has 0 radical (unpaired) electrons. The number of hydrogen-bond donors (Lipinski definition) is 1. The van der Waals surface area contributed by atoms with E-state index in [4.69, 9.17) is 4.42 Å². The molecule has 0 atom stereocenters. The second-order valence-corrected chi connectivity index (χ2v) is 5.79. The van der Waals surface area contributed by atoms with Crippen molar-refractivity contribution in [2.75, 3.05) is 5.32 Å². The Morgan fingerprint density at radius 3 is 2.76 bits per heavy atom. The molecule has 0 aliphatic rings. The van der Waals surface area contributed by atoms with Crippen LogP contribution in [0.5, 0.6) is 0 Å². The molecule has 0 saturated heterocycles. The Bertz CT molecular complexity index is 841. The number of halogens is 2. The van der Waals surface area contributed by atoms with Crippen molar-refractivity contribution in [2.45, 2.75) is 6.92 Å². The van der Waals surface area contributed by atoms with Gasteiger partial charge in [-0.25, -0.2) is 4.39 Å². The van der Waals surface area contributed by atoms with Crippen molar-refractivity contribution in [3.8, 4) is 0 Å². The lowest BCUT2D eigenvalue weighted by atomic mass is 10.1. The number of hydrogen-bond acceptors (Lipinski definition) is 2. The first kappa shape index (κ1) is 14.1. The molecule has 1 aromatic heterocycles. The molecule has 106 valence electrons. The van der Waals surface area contributed by atoms with Gasteiger partial charge in [-0.05, 0) is 59.8 Å². The predicted molar refractivity (Wildman–Crippen MR) is 88.0 cm³/mol. The van der Waals surface area contributed by atoms with E-state index in [2.05, 4.69) is 27.9 Å². The first-order valence-electron chi connectivity index (χ1n) is 6.31. The van der Waals surface area contributed by atoms with E-state index in [-0.39, 0.29) is 17.5 Å². The van der Waals surface area contributed by atoms with Gasteiger partial charge >= 0.3 is 0 Å². The third-order valence-corrected chi connectivity index (χ3v) is 4.17. The molecule has 3 aromatic rings. The quantitative estimate of drug-likeness (QED) is 0.638. The summed E-state index contributed by atoms with van der Waals surface area (Å²) in [5.74, 6) is -0.487. The van der Waals surface area contributed by atoms with E-state index < -0.39 is 0 Å². The van der Waals surface area contributed by atoms with Gasteiger partial charge in [0.15, 0.2) is 5.76 Å². The van der Waals surface area contributed by atoms with Crippen LogP contribution >= 0.6 is 22.6 Å². The summed E-state index contributed by atoms with van der Waals surface area (Å²) < 4.78 is 19.8. The summed E-state index contributed by atoms with van der Waals surface area (Å²) >= 11 is 2.15. The summed E-state index contributed by atoms with van der Waals surface area (Å²) in [6.07, 6.45) is 0. The van der Waals surface area contributed by atoms with Crippen molar-refractivity contribution in [1.29, 1.82) is 0 Å². The highest BCUT2D eigenvalue weighted by Crippen LogP contribution is 2.27. The van der Waals surface area contributed by atoms with Crippen LogP contribution in [-0.4, -0.2) is 5.91 Å². The first-order valence-corrected chi connectivity index (χ1v) is 7.38. The molecular weight excluding hydrogens is 384 g/mol. The topological polar surface area (TPSA) is 42.2 Å². The molecule has 0 unspecified atom stereocenters. The smallest absolute Gasteiger partial charge is 0.291 e. The number of furan rings is 1.